The molecule has 7 nitrogen and oxygen atoms in total. The molecular weight excluding hydrogens is 562 g/mol. The van der Waals surface area contributed by atoms with Gasteiger partial charge >= 0.3 is 54.7 Å². The number of carbonyl (C=O) groups is 2. The van der Waals surface area contributed by atoms with E-state index in [1.807, 2.05) is 0 Å². The second kappa shape index (κ2) is 18.5. The Balaban J connectivity index is 0. The molecule has 38 heavy (non-hydrogen) atoms. The van der Waals surface area contributed by atoms with Gasteiger partial charge in [-0.05, 0) is 6.42 Å². The zero-order valence-electron chi connectivity index (χ0n) is 20.7. The van der Waals surface area contributed by atoms with Crippen molar-refractivity contribution in [3.63, 3.8) is 0 Å². The number of ether oxygens (including phenoxy) is 2. The van der Waals surface area contributed by atoms with Gasteiger partial charge in [0.15, 0.2) is 0 Å². The van der Waals surface area contributed by atoms with Crippen molar-refractivity contribution in [2.24, 2.45) is 0 Å². The van der Waals surface area contributed by atoms with Crippen molar-refractivity contribution in [2.75, 3.05) is 13.2 Å². The summed E-state index contributed by atoms with van der Waals surface area (Å²) in [5, 5.41) is 11.2. The molecule has 0 heterocycles. The summed E-state index contributed by atoms with van der Waals surface area (Å²) in [4.78, 5) is 23.8. The van der Waals surface area contributed by atoms with Crippen LogP contribution in [0.2, 0.25) is 0 Å². The minimum absolute atomic E-state index is 0. The van der Waals surface area contributed by atoms with Crippen LogP contribution < -0.4 is 24.1 Å². The normalized spacial score (nSPS) is 13.6. The summed E-state index contributed by atoms with van der Waals surface area (Å²) in [5.74, 6) is -22.5. The van der Waals surface area contributed by atoms with E-state index in [0.717, 1.165) is 44.9 Å². The summed E-state index contributed by atoms with van der Waals surface area (Å²) < 4.78 is 129. The van der Waals surface area contributed by atoms with Crippen LogP contribution in [0.4, 0.5) is 39.5 Å². The Labute approximate surface area is 229 Å². The van der Waals surface area contributed by atoms with Crippen LogP contribution in [0, 0.1) is 0 Å². The van der Waals surface area contributed by atoms with Crippen LogP contribution in [0.3, 0.4) is 0 Å². The van der Waals surface area contributed by atoms with Gasteiger partial charge in [0.25, 0.3) is 0 Å². The number of hydrogen-bond acceptors (Lipinski definition) is 8. The molecule has 0 aromatic heterocycles. The number of esters is 2. The first-order valence-corrected chi connectivity index (χ1v) is 12.0. The SMILES string of the molecule is CCCCCCCCCCOC(=O)CC(SOO[O-])C(=O)OCCC(F)(F)C(F)(F)C(F)(F)C(F)(F)F.[Li+]. The van der Waals surface area contributed by atoms with E-state index in [1.165, 1.54) is 0 Å². The Morgan fingerprint density at radius 3 is 1.82 bits per heavy atom. The van der Waals surface area contributed by atoms with E-state index in [1.54, 1.807) is 0 Å². The summed E-state index contributed by atoms with van der Waals surface area (Å²) in [5.41, 5.74) is 0. The van der Waals surface area contributed by atoms with Crippen molar-refractivity contribution < 1.29 is 92.1 Å². The maximum Gasteiger partial charge on any atom is 1.00 e. The molecule has 0 aliphatic heterocycles. The quantitative estimate of drug-likeness (QED) is 0.0407. The summed E-state index contributed by atoms with van der Waals surface area (Å²) in [6, 6.07) is 0. The van der Waals surface area contributed by atoms with E-state index in [0.29, 0.717) is 6.42 Å². The fourth-order valence-corrected chi connectivity index (χ4v) is 3.27. The zero-order chi connectivity index (χ0) is 28.8. The Morgan fingerprint density at radius 2 is 1.32 bits per heavy atom. The Kier molecular flexibility index (Phi) is 19.1. The van der Waals surface area contributed by atoms with Gasteiger partial charge in [-0.2, -0.15) is 43.8 Å². The molecule has 0 spiro atoms. The molecule has 0 amide bonds. The van der Waals surface area contributed by atoms with Crippen molar-refractivity contribution >= 4 is 24.0 Å². The minimum atomic E-state index is -7.08. The third kappa shape index (κ3) is 13.0. The maximum absolute atomic E-state index is 13.5. The maximum atomic E-state index is 13.5. The Bertz CT molecular complexity index is 686. The van der Waals surface area contributed by atoms with Crippen LogP contribution in [-0.4, -0.2) is 54.3 Å². The standard InChI is InChI=1S/C20H29F9O7S.Li/c1-2-3-4-5-6-7-8-9-11-33-15(30)13-14(37-36-35-32)16(31)34-12-10-17(21,22)18(23,24)19(25,26)20(27,28)29;/h14,32H,2-13H2,1H3;/q;+1/p-1. The Morgan fingerprint density at radius 1 is 0.789 bits per heavy atom. The van der Waals surface area contributed by atoms with Crippen LogP contribution in [-0.2, 0) is 28.4 Å². The first-order valence-electron chi connectivity index (χ1n) is 11.2. The summed E-state index contributed by atoms with van der Waals surface area (Å²) in [6.45, 7) is 0.314. The monoisotopic (exact) mass is 590 g/mol. The molecule has 0 saturated heterocycles. The Hall–Kier alpha value is -0.863. The molecule has 0 saturated carbocycles. The van der Waals surface area contributed by atoms with E-state index in [2.05, 4.69) is 21.0 Å². The van der Waals surface area contributed by atoms with Gasteiger partial charge < -0.3 is 14.7 Å². The van der Waals surface area contributed by atoms with Gasteiger partial charge in [0.2, 0.25) is 0 Å². The fraction of sp³-hybridized carbons (Fsp3) is 0.900. The van der Waals surface area contributed by atoms with E-state index in [4.69, 9.17) is 4.74 Å². The average molecular weight is 590 g/mol. The summed E-state index contributed by atoms with van der Waals surface area (Å²) >= 11 is -0.129. The molecule has 0 aliphatic carbocycles. The molecule has 0 fully saturated rings. The van der Waals surface area contributed by atoms with E-state index < -0.39 is 60.6 Å². The molecule has 220 valence electrons. The van der Waals surface area contributed by atoms with Gasteiger partial charge in [0.1, 0.15) is 5.25 Å². The first kappa shape index (κ1) is 39.3. The summed E-state index contributed by atoms with van der Waals surface area (Å²) in [7, 11) is 0. The molecule has 1 atom stereocenters. The van der Waals surface area contributed by atoms with Crippen LogP contribution in [0.5, 0.6) is 0 Å². The van der Waals surface area contributed by atoms with Gasteiger partial charge in [-0.25, -0.2) is 0 Å². The number of rotatable bonds is 20. The molecule has 0 radical (unpaired) electrons. The van der Waals surface area contributed by atoms with Gasteiger partial charge in [-0.15, -0.1) is 0 Å². The van der Waals surface area contributed by atoms with Crippen molar-refractivity contribution in [3.8, 4) is 0 Å². The largest absolute Gasteiger partial charge is 1.00 e. The van der Waals surface area contributed by atoms with Crippen LogP contribution in [0.15, 0.2) is 0 Å². The van der Waals surface area contributed by atoms with Gasteiger partial charge in [-0.1, -0.05) is 51.9 Å². The predicted octanol–water partition coefficient (Wildman–Crippen LogP) is 2.71. The molecule has 0 N–H and O–H groups in total. The molecule has 0 aromatic rings. The van der Waals surface area contributed by atoms with Crippen LogP contribution >= 0.6 is 12.0 Å². The average Bonchev–Trinajstić information content (AvgIpc) is 2.79. The smallest absolute Gasteiger partial charge is 0.691 e. The van der Waals surface area contributed by atoms with Crippen molar-refractivity contribution in [2.45, 2.75) is 100 Å². The third-order valence-electron chi connectivity index (χ3n) is 4.93. The van der Waals surface area contributed by atoms with Crippen molar-refractivity contribution in [1.29, 1.82) is 0 Å². The van der Waals surface area contributed by atoms with E-state index >= 15 is 0 Å². The number of alkyl halides is 9. The molecule has 0 bridgehead atoms. The topological polar surface area (TPSA) is 94.1 Å². The molecule has 0 aromatic carbocycles. The predicted molar refractivity (Wildman–Crippen MR) is 108 cm³/mol. The number of hydrogen-bond donors (Lipinski definition) is 0. The minimum Gasteiger partial charge on any atom is -0.691 e. The van der Waals surface area contributed by atoms with Crippen LogP contribution in [0.25, 0.3) is 0 Å². The number of carbonyl (C=O) groups excluding carboxylic acids is 2. The van der Waals surface area contributed by atoms with Gasteiger partial charge in [-0.3, -0.25) is 14.6 Å². The van der Waals surface area contributed by atoms with Crippen molar-refractivity contribution in [1.82, 2.24) is 0 Å². The first-order chi connectivity index (χ1) is 17.0. The van der Waals surface area contributed by atoms with E-state index in [-0.39, 0.29) is 37.5 Å². The third-order valence-corrected chi connectivity index (χ3v) is 5.65. The summed E-state index contributed by atoms with van der Waals surface area (Å²) in [6.07, 6.45) is -2.67. The number of halogens is 9. The van der Waals surface area contributed by atoms with Gasteiger partial charge in [0, 0.05) is 12.0 Å². The van der Waals surface area contributed by atoms with E-state index in [9.17, 15) is 54.4 Å². The molecule has 0 aliphatic rings. The van der Waals surface area contributed by atoms with Crippen LogP contribution in [0.1, 0.15) is 71.1 Å². The number of unbranched alkanes of at least 4 members (excludes halogenated alkanes) is 7. The zero-order valence-corrected chi connectivity index (χ0v) is 21.5. The molecule has 18 heteroatoms. The molecule has 0 rings (SSSR count). The fourth-order valence-electron chi connectivity index (χ4n) is 2.79. The second-order valence-electron chi connectivity index (χ2n) is 7.89. The molecular formula is C20H28F9LiO7S. The molecule has 1 unspecified atom stereocenters. The van der Waals surface area contributed by atoms with Crippen molar-refractivity contribution in [3.05, 3.63) is 0 Å². The van der Waals surface area contributed by atoms with Gasteiger partial charge in [0.05, 0.1) is 26.1 Å². The second-order valence-corrected chi connectivity index (χ2v) is 8.79.